The van der Waals surface area contributed by atoms with Crippen LogP contribution in [0.15, 0.2) is 273 Å². The molecule has 0 N–H and O–H groups in total. The molecule has 0 radical (unpaired) electrons. The summed E-state index contributed by atoms with van der Waals surface area (Å²) in [4.78, 5) is 2.50. The van der Waals surface area contributed by atoms with E-state index < -0.39 is 0 Å². The van der Waals surface area contributed by atoms with Crippen molar-refractivity contribution in [3.05, 3.63) is 273 Å². The van der Waals surface area contributed by atoms with Crippen molar-refractivity contribution in [1.29, 1.82) is 0 Å². The zero-order valence-corrected chi connectivity index (χ0v) is 39.2. The number of anilines is 3. The van der Waals surface area contributed by atoms with Gasteiger partial charge in [0.25, 0.3) is 0 Å². The van der Waals surface area contributed by atoms with Gasteiger partial charge in [0.2, 0.25) is 0 Å². The lowest BCUT2D eigenvalue weighted by Crippen LogP contribution is -2.12. The lowest BCUT2D eigenvalue weighted by molar-refractivity contribution is 1.30. The van der Waals surface area contributed by atoms with Crippen molar-refractivity contribution >= 4 is 70.1 Å². The molecule has 0 atom stereocenters. The largest absolute Gasteiger partial charge is 0.309 e. The molecule has 0 saturated carbocycles. The first-order valence-electron chi connectivity index (χ1n) is 24.0. The highest BCUT2D eigenvalue weighted by atomic mass is 32.1. The minimum Gasteiger partial charge on any atom is -0.309 e. The third-order valence-corrected chi connectivity index (χ3v) is 15.1. The van der Waals surface area contributed by atoms with Gasteiger partial charge in [0.1, 0.15) is 0 Å². The van der Waals surface area contributed by atoms with Crippen LogP contribution >= 0.6 is 11.3 Å². The molecular weight excluding hydrogens is 863 g/mol. The van der Waals surface area contributed by atoms with E-state index in [4.69, 9.17) is 0 Å². The topological polar surface area (TPSA) is 3.24 Å². The highest BCUT2D eigenvalue weighted by Gasteiger charge is 2.24. The molecule has 0 aliphatic heterocycles. The first-order chi connectivity index (χ1) is 34.7. The van der Waals surface area contributed by atoms with E-state index >= 15 is 0 Å². The molecule has 1 heterocycles. The molecule has 70 heavy (non-hydrogen) atoms. The van der Waals surface area contributed by atoms with E-state index in [9.17, 15) is 0 Å². The van der Waals surface area contributed by atoms with Crippen LogP contribution in [0.3, 0.4) is 0 Å². The summed E-state index contributed by atoms with van der Waals surface area (Å²) >= 11 is 1.88. The number of thiophene rings is 1. The molecule has 0 aliphatic rings. The predicted octanol–water partition coefficient (Wildman–Crippen LogP) is 19.8. The van der Waals surface area contributed by atoms with Crippen molar-refractivity contribution in [3.63, 3.8) is 0 Å². The summed E-state index contributed by atoms with van der Waals surface area (Å²) in [6.45, 7) is 0. The fraction of sp³-hybridized carbons (Fsp3) is 0. The van der Waals surface area contributed by atoms with E-state index in [0.717, 1.165) is 28.2 Å². The second-order valence-corrected chi connectivity index (χ2v) is 19.1. The molecule has 0 fully saturated rings. The van der Waals surface area contributed by atoms with Gasteiger partial charge < -0.3 is 4.90 Å². The van der Waals surface area contributed by atoms with Crippen LogP contribution in [0.2, 0.25) is 0 Å². The van der Waals surface area contributed by atoms with Crippen molar-refractivity contribution in [2.75, 3.05) is 4.90 Å². The molecule has 0 aliphatic carbocycles. The van der Waals surface area contributed by atoms with Crippen LogP contribution in [0.4, 0.5) is 17.1 Å². The van der Waals surface area contributed by atoms with Crippen molar-refractivity contribution < 1.29 is 0 Å². The monoisotopic (exact) mass is 907 g/mol. The number of rotatable bonds is 9. The number of hydrogen-bond acceptors (Lipinski definition) is 2. The van der Waals surface area contributed by atoms with Gasteiger partial charge >= 0.3 is 0 Å². The summed E-state index contributed by atoms with van der Waals surface area (Å²) in [5.41, 5.74) is 17.6. The van der Waals surface area contributed by atoms with E-state index in [2.05, 4.69) is 278 Å². The minimum absolute atomic E-state index is 1.08. The summed E-state index contributed by atoms with van der Waals surface area (Å²) in [6.07, 6.45) is 0. The van der Waals surface area contributed by atoms with Crippen molar-refractivity contribution in [2.24, 2.45) is 0 Å². The number of benzene rings is 12. The van der Waals surface area contributed by atoms with E-state index in [-0.39, 0.29) is 0 Å². The van der Waals surface area contributed by atoms with Gasteiger partial charge in [-0.2, -0.15) is 0 Å². The summed E-state index contributed by atoms with van der Waals surface area (Å²) < 4.78 is 2.63. The first-order valence-corrected chi connectivity index (χ1v) is 24.8. The van der Waals surface area contributed by atoms with Crippen LogP contribution in [0.5, 0.6) is 0 Å². The Balaban J connectivity index is 1.02. The number of hydrogen-bond donors (Lipinski definition) is 0. The summed E-state index contributed by atoms with van der Waals surface area (Å²) in [5.74, 6) is 0. The van der Waals surface area contributed by atoms with Gasteiger partial charge in [-0.15, -0.1) is 11.3 Å². The van der Waals surface area contributed by atoms with Crippen LogP contribution < -0.4 is 4.90 Å². The highest BCUT2D eigenvalue weighted by molar-refractivity contribution is 7.26. The average molecular weight is 908 g/mol. The molecule has 13 rings (SSSR count). The Kier molecular flexibility index (Phi) is 10.5. The molecule has 0 bridgehead atoms. The Hall–Kier alpha value is -8.82. The van der Waals surface area contributed by atoms with Crippen LogP contribution in [0.1, 0.15) is 0 Å². The second kappa shape index (κ2) is 17.7. The normalized spacial score (nSPS) is 11.4. The van der Waals surface area contributed by atoms with Crippen LogP contribution in [0, 0.1) is 0 Å². The fourth-order valence-electron chi connectivity index (χ4n) is 10.5. The minimum atomic E-state index is 1.08. The molecule has 0 amide bonds. The van der Waals surface area contributed by atoms with Crippen LogP contribution in [-0.2, 0) is 0 Å². The van der Waals surface area contributed by atoms with Gasteiger partial charge in [-0.1, -0.05) is 224 Å². The maximum Gasteiger partial charge on any atom is 0.0624 e. The fourth-order valence-corrected chi connectivity index (χ4v) is 11.7. The molecule has 13 aromatic rings. The zero-order valence-electron chi connectivity index (χ0n) is 38.3. The van der Waals surface area contributed by atoms with Crippen LogP contribution in [0.25, 0.3) is 108 Å². The van der Waals surface area contributed by atoms with Gasteiger partial charge in [-0.05, 0) is 126 Å². The van der Waals surface area contributed by atoms with Crippen molar-refractivity contribution in [3.8, 4) is 66.8 Å². The second-order valence-electron chi connectivity index (χ2n) is 18.0. The molecule has 12 aromatic carbocycles. The maximum absolute atomic E-state index is 2.50. The predicted molar refractivity (Wildman–Crippen MR) is 302 cm³/mol. The molecule has 1 aromatic heterocycles. The number of fused-ring (bicyclic) bond motifs is 6. The Labute approximate surface area is 412 Å². The van der Waals surface area contributed by atoms with E-state index in [0.29, 0.717) is 0 Å². The molecule has 0 unspecified atom stereocenters. The van der Waals surface area contributed by atoms with Gasteiger partial charge in [0, 0.05) is 42.5 Å². The first kappa shape index (κ1) is 41.4. The zero-order chi connectivity index (χ0) is 46.4. The molecule has 0 spiro atoms. The molecule has 1 nitrogen and oxygen atoms in total. The standard InChI is InChI=1S/C68H45NS/c1-4-17-46(18-5-1)49-31-33-52(34-32-49)66-62-26-12-10-23-59(62)60-24-11-13-27-63(60)67(66)69(57-41-37-51(38-42-57)58-28-16-29-64-61-25-14-15-30-65(61)70-68(58)64)56-39-35-50(36-40-56)55-44-53(47-19-6-2-7-20-47)43-54(45-55)48-21-8-3-9-22-48/h1-45H. The summed E-state index contributed by atoms with van der Waals surface area (Å²) in [5, 5.41) is 7.47. The lowest BCUT2D eigenvalue weighted by atomic mass is 9.89. The van der Waals surface area contributed by atoms with E-state index in [1.807, 2.05) is 11.3 Å². The van der Waals surface area contributed by atoms with Gasteiger partial charge in [0.15, 0.2) is 0 Å². The SMILES string of the molecule is c1ccc(-c2ccc(-c3c(N(c4ccc(-c5cc(-c6ccccc6)cc(-c6ccccc6)c5)cc4)c4ccc(-c5cccc6c5sc5ccccc56)cc4)c4ccccc4c4ccccc34)cc2)cc1. The Bertz CT molecular complexity index is 3950. The Morgan fingerprint density at radius 3 is 1.20 bits per heavy atom. The third-order valence-electron chi connectivity index (χ3n) is 13.9. The highest BCUT2D eigenvalue weighted by Crippen LogP contribution is 2.50. The van der Waals surface area contributed by atoms with Gasteiger partial charge in [0.05, 0.1) is 5.69 Å². The smallest absolute Gasteiger partial charge is 0.0624 e. The molecule has 0 saturated heterocycles. The maximum atomic E-state index is 2.50. The van der Waals surface area contributed by atoms with Gasteiger partial charge in [-0.3, -0.25) is 0 Å². The summed E-state index contributed by atoms with van der Waals surface area (Å²) in [7, 11) is 0. The quantitative estimate of drug-likeness (QED) is 0.130. The van der Waals surface area contributed by atoms with Gasteiger partial charge in [-0.25, -0.2) is 0 Å². The van der Waals surface area contributed by atoms with Crippen molar-refractivity contribution in [1.82, 2.24) is 0 Å². The molecule has 2 heteroatoms. The Morgan fingerprint density at radius 1 is 0.243 bits per heavy atom. The molecular formula is C68H45NS. The molecule has 328 valence electrons. The average Bonchev–Trinajstić information content (AvgIpc) is 3.83. The van der Waals surface area contributed by atoms with Crippen LogP contribution in [-0.4, -0.2) is 0 Å². The van der Waals surface area contributed by atoms with E-state index in [1.54, 1.807) is 0 Å². The Morgan fingerprint density at radius 2 is 0.629 bits per heavy atom. The van der Waals surface area contributed by atoms with Crippen molar-refractivity contribution in [2.45, 2.75) is 0 Å². The lowest BCUT2D eigenvalue weighted by Gasteiger charge is -2.31. The summed E-state index contributed by atoms with van der Waals surface area (Å²) in [6, 6.07) is 100. The third kappa shape index (κ3) is 7.43. The number of nitrogens with zero attached hydrogens (tertiary/aromatic N) is 1. The van der Waals surface area contributed by atoms with E-state index in [1.165, 1.54) is 97.4 Å².